The van der Waals surface area contributed by atoms with Crippen molar-refractivity contribution >= 4 is 0 Å². The fourth-order valence-corrected chi connectivity index (χ4v) is 4.82. The van der Waals surface area contributed by atoms with Crippen molar-refractivity contribution in [3.8, 4) is 0 Å². The van der Waals surface area contributed by atoms with Crippen LogP contribution in [0, 0.1) is 17.8 Å². The maximum Gasteiger partial charge on any atom is 0.00698 e. The molecule has 0 aromatic heterocycles. The van der Waals surface area contributed by atoms with Crippen LogP contribution in [0.2, 0.25) is 0 Å². The molecule has 116 valence electrons. The van der Waals surface area contributed by atoms with Gasteiger partial charge in [0, 0.05) is 6.04 Å². The Kier molecular flexibility index (Phi) is 5.35. The molecule has 1 N–H and O–H groups in total. The van der Waals surface area contributed by atoms with Crippen LogP contribution < -0.4 is 5.32 Å². The van der Waals surface area contributed by atoms with E-state index in [-0.39, 0.29) is 0 Å². The summed E-state index contributed by atoms with van der Waals surface area (Å²) in [5, 5.41) is 3.76. The van der Waals surface area contributed by atoms with Gasteiger partial charge in [-0.2, -0.15) is 0 Å². The SMILES string of the molecule is CCNC(CCCc1ccccc1)CC1CC2CCC1C2. The predicted octanol–water partition coefficient (Wildman–Crippen LogP) is 4.81. The van der Waals surface area contributed by atoms with Crippen molar-refractivity contribution in [2.45, 2.75) is 64.3 Å². The van der Waals surface area contributed by atoms with Crippen molar-refractivity contribution in [1.29, 1.82) is 0 Å². The lowest BCUT2D eigenvalue weighted by atomic mass is 9.83. The molecule has 1 heteroatoms. The summed E-state index contributed by atoms with van der Waals surface area (Å²) < 4.78 is 0. The summed E-state index contributed by atoms with van der Waals surface area (Å²) in [5.74, 6) is 3.20. The number of benzene rings is 1. The number of hydrogen-bond acceptors (Lipinski definition) is 1. The second-order valence-electron chi connectivity index (χ2n) is 7.30. The molecule has 3 rings (SSSR count). The molecule has 2 aliphatic rings. The second-order valence-corrected chi connectivity index (χ2v) is 7.30. The fourth-order valence-electron chi connectivity index (χ4n) is 4.82. The summed E-state index contributed by atoms with van der Waals surface area (Å²) in [6.07, 6.45) is 11.5. The first kappa shape index (κ1) is 15.1. The van der Waals surface area contributed by atoms with Crippen LogP contribution in [0.25, 0.3) is 0 Å². The normalized spacial score (nSPS) is 28.9. The van der Waals surface area contributed by atoms with Gasteiger partial charge in [-0.25, -0.2) is 0 Å². The summed E-state index contributed by atoms with van der Waals surface area (Å²) in [6.45, 7) is 3.38. The highest BCUT2D eigenvalue weighted by Crippen LogP contribution is 2.50. The van der Waals surface area contributed by atoms with Crippen LogP contribution in [0.15, 0.2) is 30.3 Å². The van der Waals surface area contributed by atoms with Crippen LogP contribution in [0.3, 0.4) is 0 Å². The van der Waals surface area contributed by atoms with E-state index in [1.165, 1.54) is 50.5 Å². The third kappa shape index (κ3) is 4.10. The minimum absolute atomic E-state index is 0.753. The molecule has 2 bridgehead atoms. The molecular weight excluding hydrogens is 254 g/mol. The van der Waals surface area contributed by atoms with Gasteiger partial charge in [0.05, 0.1) is 0 Å². The maximum atomic E-state index is 3.76. The fraction of sp³-hybridized carbons (Fsp3) is 0.700. The van der Waals surface area contributed by atoms with Gasteiger partial charge in [-0.05, 0) is 74.8 Å². The third-order valence-corrected chi connectivity index (χ3v) is 5.83. The molecule has 1 nitrogen and oxygen atoms in total. The molecule has 0 heterocycles. The van der Waals surface area contributed by atoms with Gasteiger partial charge in [0.2, 0.25) is 0 Å². The van der Waals surface area contributed by atoms with Crippen molar-refractivity contribution in [3.05, 3.63) is 35.9 Å². The molecule has 1 aromatic rings. The van der Waals surface area contributed by atoms with Crippen molar-refractivity contribution in [3.63, 3.8) is 0 Å². The zero-order valence-corrected chi connectivity index (χ0v) is 13.6. The second kappa shape index (κ2) is 7.45. The van der Waals surface area contributed by atoms with Gasteiger partial charge >= 0.3 is 0 Å². The Labute approximate surface area is 130 Å². The average Bonchev–Trinajstić information content (AvgIpc) is 3.11. The molecule has 0 aliphatic heterocycles. The Morgan fingerprint density at radius 2 is 2.00 bits per heavy atom. The topological polar surface area (TPSA) is 12.0 Å². The Bertz CT molecular complexity index is 413. The van der Waals surface area contributed by atoms with E-state index in [9.17, 15) is 0 Å². The van der Waals surface area contributed by atoms with E-state index in [1.54, 1.807) is 6.42 Å². The summed E-state index contributed by atoms with van der Waals surface area (Å²) in [7, 11) is 0. The number of hydrogen-bond donors (Lipinski definition) is 1. The lowest BCUT2D eigenvalue weighted by Gasteiger charge is -2.27. The van der Waals surface area contributed by atoms with Gasteiger partial charge in [-0.15, -0.1) is 0 Å². The molecule has 2 aliphatic carbocycles. The van der Waals surface area contributed by atoms with E-state index >= 15 is 0 Å². The monoisotopic (exact) mass is 285 g/mol. The predicted molar refractivity (Wildman–Crippen MR) is 90.4 cm³/mol. The minimum atomic E-state index is 0.753. The van der Waals surface area contributed by atoms with Crippen molar-refractivity contribution in [2.24, 2.45) is 17.8 Å². The van der Waals surface area contributed by atoms with E-state index in [0.717, 1.165) is 30.3 Å². The first-order chi connectivity index (χ1) is 10.3. The Balaban J connectivity index is 1.43. The molecule has 0 saturated heterocycles. The summed E-state index contributed by atoms with van der Waals surface area (Å²) in [6, 6.07) is 11.7. The van der Waals surface area contributed by atoms with Crippen LogP contribution in [0.4, 0.5) is 0 Å². The van der Waals surface area contributed by atoms with E-state index in [4.69, 9.17) is 0 Å². The summed E-state index contributed by atoms with van der Waals surface area (Å²) in [4.78, 5) is 0. The van der Waals surface area contributed by atoms with Crippen molar-refractivity contribution in [2.75, 3.05) is 6.54 Å². The molecule has 1 aromatic carbocycles. The van der Waals surface area contributed by atoms with Crippen LogP contribution in [-0.4, -0.2) is 12.6 Å². The quantitative estimate of drug-likeness (QED) is 0.722. The highest BCUT2D eigenvalue weighted by molar-refractivity contribution is 5.14. The van der Waals surface area contributed by atoms with Crippen LogP contribution >= 0.6 is 0 Å². The minimum Gasteiger partial charge on any atom is -0.314 e. The summed E-state index contributed by atoms with van der Waals surface area (Å²) in [5.41, 5.74) is 1.49. The average molecular weight is 285 g/mol. The Morgan fingerprint density at radius 3 is 2.67 bits per heavy atom. The van der Waals surface area contributed by atoms with Crippen LogP contribution in [0.5, 0.6) is 0 Å². The van der Waals surface area contributed by atoms with E-state index in [0.29, 0.717) is 0 Å². The van der Waals surface area contributed by atoms with Gasteiger partial charge < -0.3 is 5.32 Å². The highest BCUT2D eigenvalue weighted by atomic mass is 14.9. The molecule has 0 spiro atoms. The molecular formula is C20H31N. The Morgan fingerprint density at radius 1 is 1.14 bits per heavy atom. The van der Waals surface area contributed by atoms with E-state index in [1.807, 2.05) is 0 Å². The largest absolute Gasteiger partial charge is 0.314 e. The van der Waals surface area contributed by atoms with Gasteiger partial charge in [0.15, 0.2) is 0 Å². The standard InChI is InChI=1S/C20H31N/c1-2-21-20(10-6-9-16-7-4-3-5-8-16)15-19-14-17-11-12-18(19)13-17/h3-5,7-8,17-21H,2,6,9-15H2,1H3. The van der Waals surface area contributed by atoms with Crippen LogP contribution in [0.1, 0.15) is 57.4 Å². The summed E-state index contributed by atoms with van der Waals surface area (Å²) >= 11 is 0. The molecule has 4 atom stereocenters. The third-order valence-electron chi connectivity index (χ3n) is 5.83. The molecule has 2 saturated carbocycles. The molecule has 0 amide bonds. The molecule has 0 radical (unpaired) electrons. The molecule has 4 unspecified atom stereocenters. The molecule has 21 heavy (non-hydrogen) atoms. The van der Waals surface area contributed by atoms with Gasteiger partial charge in [0.1, 0.15) is 0 Å². The van der Waals surface area contributed by atoms with Crippen molar-refractivity contribution < 1.29 is 0 Å². The lowest BCUT2D eigenvalue weighted by Crippen LogP contribution is -2.32. The number of nitrogens with one attached hydrogen (secondary N) is 1. The first-order valence-corrected chi connectivity index (χ1v) is 9.12. The number of rotatable bonds is 8. The maximum absolute atomic E-state index is 3.76. The first-order valence-electron chi connectivity index (χ1n) is 9.12. The highest BCUT2D eigenvalue weighted by Gasteiger charge is 2.39. The smallest absolute Gasteiger partial charge is 0.00698 e. The van der Waals surface area contributed by atoms with Crippen LogP contribution in [-0.2, 0) is 6.42 Å². The van der Waals surface area contributed by atoms with Crippen molar-refractivity contribution in [1.82, 2.24) is 5.32 Å². The van der Waals surface area contributed by atoms with Gasteiger partial charge in [-0.3, -0.25) is 0 Å². The Hall–Kier alpha value is -0.820. The number of fused-ring (bicyclic) bond motifs is 2. The lowest BCUT2D eigenvalue weighted by molar-refractivity contribution is 0.271. The van der Waals surface area contributed by atoms with Gasteiger partial charge in [-0.1, -0.05) is 43.7 Å². The zero-order chi connectivity index (χ0) is 14.5. The number of aryl methyl sites for hydroxylation is 1. The van der Waals surface area contributed by atoms with E-state index in [2.05, 4.69) is 42.6 Å². The molecule has 2 fully saturated rings. The van der Waals surface area contributed by atoms with Gasteiger partial charge in [0.25, 0.3) is 0 Å². The van der Waals surface area contributed by atoms with E-state index < -0.39 is 0 Å². The zero-order valence-electron chi connectivity index (χ0n) is 13.6.